The quantitative estimate of drug-likeness (QED) is 0.793. The Morgan fingerprint density at radius 1 is 1.17 bits per heavy atom. The lowest BCUT2D eigenvalue weighted by atomic mass is 10.1. The van der Waals surface area contributed by atoms with E-state index in [0.717, 1.165) is 24.2 Å². The van der Waals surface area contributed by atoms with Crippen molar-refractivity contribution in [1.82, 2.24) is 5.32 Å². The Hall–Kier alpha value is -2.25. The molecule has 4 heteroatoms. The van der Waals surface area contributed by atoms with Crippen LogP contribution in [0, 0.1) is 11.3 Å². The number of rotatable bonds is 8. The van der Waals surface area contributed by atoms with E-state index in [9.17, 15) is 4.79 Å². The number of carbonyl (C=O) groups is 1. The minimum absolute atomic E-state index is 0.0667. The summed E-state index contributed by atoms with van der Waals surface area (Å²) in [4.78, 5) is 12.0. The number of amides is 1. The van der Waals surface area contributed by atoms with Crippen molar-refractivity contribution in [3.05, 3.63) is 71.3 Å². The second-order valence-corrected chi connectivity index (χ2v) is 6.78. The molecular weight excluding hydrogens is 316 g/mol. The van der Waals surface area contributed by atoms with Gasteiger partial charge in [-0.1, -0.05) is 42.5 Å². The maximum Gasteiger partial charge on any atom is 0.230 e. The number of aryl methyl sites for hydroxylation is 1. The van der Waals surface area contributed by atoms with Gasteiger partial charge in [0, 0.05) is 11.8 Å². The zero-order chi connectivity index (χ0) is 17.2. The largest absolute Gasteiger partial charge is 0.353 e. The van der Waals surface area contributed by atoms with Gasteiger partial charge in [0.1, 0.15) is 0 Å². The molecule has 124 valence electrons. The molecule has 0 aliphatic heterocycles. The molecule has 1 N–H and O–H groups in total. The van der Waals surface area contributed by atoms with Gasteiger partial charge >= 0.3 is 0 Å². The first-order valence-corrected chi connectivity index (χ1v) is 9.23. The Bertz CT molecular complexity index is 694. The van der Waals surface area contributed by atoms with Gasteiger partial charge in [0.05, 0.1) is 17.4 Å². The number of hydrogen-bond donors (Lipinski definition) is 1. The molecule has 0 aliphatic carbocycles. The minimum atomic E-state index is 0.0667. The fraction of sp³-hybridized carbons (Fsp3) is 0.300. The molecule has 0 fully saturated rings. The topological polar surface area (TPSA) is 52.9 Å². The Morgan fingerprint density at radius 3 is 2.67 bits per heavy atom. The molecule has 0 saturated carbocycles. The van der Waals surface area contributed by atoms with E-state index < -0.39 is 0 Å². The second-order valence-electron chi connectivity index (χ2n) is 5.80. The van der Waals surface area contributed by atoms with Crippen LogP contribution in [-0.2, 0) is 17.0 Å². The van der Waals surface area contributed by atoms with E-state index in [-0.39, 0.29) is 11.9 Å². The van der Waals surface area contributed by atoms with Gasteiger partial charge < -0.3 is 5.32 Å². The van der Waals surface area contributed by atoms with E-state index >= 15 is 0 Å². The molecule has 0 heterocycles. The van der Waals surface area contributed by atoms with Crippen LogP contribution in [0.4, 0.5) is 0 Å². The third-order valence-corrected chi connectivity index (χ3v) is 4.68. The zero-order valence-electron chi connectivity index (χ0n) is 13.9. The highest BCUT2D eigenvalue weighted by molar-refractivity contribution is 7.99. The molecule has 0 saturated heterocycles. The van der Waals surface area contributed by atoms with Gasteiger partial charge in [0.15, 0.2) is 0 Å². The average Bonchev–Trinajstić information content (AvgIpc) is 2.61. The molecule has 0 aromatic heterocycles. The maximum absolute atomic E-state index is 12.0. The summed E-state index contributed by atoms with van der Waals surface area (Å²) in [6.45, 7) is 2.04. The molecule has 0 radical (unpaired) electrons. The summed E-state index contributed by atoms with van der Waals surface area (Å²) in [6.07, 6.45) is 1.90. The molecule has 1 atom stereocenters. The lowest BCUT2D eigenvalue weighted by Gasteiger charge is -2.13. The van der Waals surface area contributed by atoms with Crippen LogP contribution in [0.1, 0.15) is 30.0 Å². The van der Waals surface area contributed by atoms with Crippen LogP contribution in [0.25, 0.3) is 0 Å². The smallest absolute Gasteiger partial charge is 0.230 e. The zero-order valence-corrected chi connectivity index (χ0v) is 14.7. The molecule has 2 aromatic carbocycles. The van der Waals surface area contributed by atoms with E-state index in [2.05, 4.69) is 23.5 Å². The highest BCUT2D eigenvalue weighted by Crippen LogP contribution is 2.13. The Balaban J connectivity index is 1.66. The lowest BCUT2D eigenvalue weighted by molar-refractivity contribution is -0.119. The number of nitriles is 1. The first kappa shape index (κ1) is 18.1. The highest BCUT2D eigenvalue weighted by Gasteiger charge is 2.08. The van der Waals surface area contributed by atoms with Gasteiger partial charge in [-0.2, -0.15) is 5.26 Å². The van der Waals surface area contributed by atoms with Crippen molar-refractivity contribution in [1.29, 1.82) is 5.26 Å². The van der Waals surface area contributed by atoms with E-state index in [1.54, 1.807) is 17.8 Å². The molecule has 2 rings (SSSR count). The summed E-state index contributed by atoms with van der Waals surface area (Å²) in [5.41, 5.74) is 3.03. The van der Waals surface area contributed by atoms with E-state index in [4.69, 9.17) is 5.26 Å². The molecule has 24 heavy (non-hydrogen) atoms. The molecular formula is C20H22N2OS. The van der Waals surface area contributed by atoms with Crippen LogP contribution < -0.4 is 5.32 Å². The SMILES string of the molecule is C[C@@H](CCc1ccccc1)NC(=O)CSCc1cccc(C#N)c1. The van der Waals surface area contributed by atoms with Crippen molar-refractivity contribution < 1.29 is 4.79 Å². The first-order valence-electron chi connectivity index (χ1n) is 8.07. The summed E-state index contributed by atoms with van der Waals surface area (Å²) in [7, 11) is 0. The first-order chi connectivity index (χ1) is 11.7. The molecule has 2 aromatic rings. The fourth-order valence-corrected chi connectivity index (χ4v) is 3.19. The monoisotopic (exact) mass is 338 g/mol. The van der Waals surface area contributed by atoms with Gasteiger partial charge in [-0.3, -0.25) is 4.79 Å². The molecule has 1 amide bonds. The van der Waals surface area contributed by atoms with Gasteiger partial charge in [0.2, 0.25) is 5.91 Å². The van der Waals surface area contributed by atoms with Crippen molar-refractivity contribution in [2.45, 2.75) is 31.6 Å². The number of thioether (sulfide) groups is 1. The van der Waals surface area contributed by atoms with Crippen LogP contribution >= 0.6 is 11.8 Å². The van der Waals surface area contributed by atoms with E-state index in [0.29, 0.717) is 11.3 Å². The van der Waals surface area contributed by atoms with Crippen molar-refractivity contribution in [3.8, 4) is 6.07 Å². The maximum atomic E-state index is 12.0. The van der Waals surface area contributed by atoms with Crippen LogP contribution in [-0.4, -0.2) is 17.7 Å². The molecule has 0 unspecified atom stereocenters. The minimum Gasteiger partial charge on any atom is -0.353 e. The van der Waals surface area contributed by atoms with Crippen molar-refractivity contribution in [2.24, 2.45) is 0 Å². The summed E-state index contributed by atoms with van der Waals surface area (Å²) >= 11 is 1.57. The van der Waals surface area contributed by atoms with Crippen LogP contribution in [0.2, 0.25) is 0 Å². The predicted octanol–water partition coefficient (Wildman–Crippen LogP) is 3.93. The van der Waals surface area contributed by atoms with Crippen LogP contribution in [0.3, 0.4) is 0 Å². The van der Waals surface area contributed by atoms with Crippen LogP contribution in [0.5, 0.6) is 0 Å². The summed E-state index contributed by atoms with van der Waals surface area (Å²) in [5, 5.41) is 11.9. The molecule has 0 aliphatic rings. The fourth-order valence-electron chi connectivity index (χ4n) is 2.41. The number of carbonyl (C=O) groups excluding carboxylic acids is 1. The number of benzene rings is 2. The van der Waals surface area contributed by atoms with E-state index in [1.807, 2.05) is 43.3 Å². The summed E-state index contributed by atoms with van der Waals surface area (Å²) in [5.74, 6) is 1.24. The number of nitrogens with zero attached hydrogens (tertiary/aromatic N) is 1. The standard InChI is InChI=1S/C20H22N2OS/c1-16(10-11-17-6-3-2-4-7-17)22-20(23)15-24-14-19-9-5-8-18(12-19)13-21/h2-9,12,16H,10-11,14-15H2,1H3,(H,22,23)/t16-/m0/s1. The lowest BCUT2D eigenvalue weighted by Crippen LogP contribution is -2.34. The Morgan fingerprint density at radius 2 is 1.92 bits per heavy atom. The van der Waals surface area contributed by atoms with Crippen LogP contribution in [0.15, 0.2) is 54.6 Å². The van der Waals surface area contributed by atoms with Crippen molar-refractivity contribution in [3.63, 3.8) is 0 Å². The van der Waals surface area contributed by atoms with Gasteiger partial charge in [-0.15, -0.1) is 11.8 Å². The second kappa shape index (κ2) is 9.79. The summed E-state index contributed by atoms with van der Waals surface area (Å²) < 4.78 is 0. The van der Waals surface area contributed by atoms with E-state index in [1.165, 1.54) is 5.56 Å². The molecule has 3 nitrogen and oxygen atoms in total. The third-order valence-electron chi connectivity index (χ3n) is 3.67. The van der Waals surface area contributed by atoms with Gasteiger partial charge in [-0.25, -0.2) is 0 Å². The van der Waals surface area contributed by atoms with Crippen molar-refractivity contribution >= 4 is 17.7 Å². The number of hydrogen-bond acceptors (Lipinski definition) is 3. The Kier molecular flexibility index (Phi) is 7.38. The molecule has 0 bridgehead atoms. The molecule has 0 spiro atoms. The Labute approximate surface area is 148 Å². The van der Waals surface area contributed by atoms with Gasteiger partial charge in [-0.05, 0) is 43.0 Å². The predicted molar refractivity (Wildman–Crippen MR) is 99.7 cm³/mol. The van der Waals surface area contributed by atoms with Gasteiger partial charge in [0.25, 0.3) is 0 Å². The highest BCUT2D eigenvalue weighted by atomic mass is 32.2. The summed E-state index contributed by atoms with van der Waals surface area (Å²) in [6, 6.07) is 20.1. The average molecular weight is 338 g/mol. The number of nitrogens with one attached hydrogen (secondary N) is 1. The third kappa shape index (κ3) is 6.47. The van der Waals surface area contributed by atoms with Crippen molar-refractivity contribution in [2.75, 3.05) is 5.75 Å². The normalized spacial score (nSPS) is 11.5.